The van der Waals surface area contributed by atoms with Gasteiger partial charge >= 0.3 is 0 Å². The van der Waals surface area contributed by atoms with Crippen LogP contribution in [-0.2, 0) is 4.79 Å². The van der Waals surface area contributed by atoms with Crippen molar-refractivity contribution >= 4 is 5.91 Å². The Bertz CT molecular complexity index is 393. The number of nitrogens with two attached hydrogens (primary N) is 1. The van der Waals surface area contributed by atoms with Crippen LogP contribution in [0.4, 0.5) is 0 Å². The quantitative estimate of drug-likeness (QED) is 0.839. The highest BCUT2D eigenvalue weighted by Crippen LogP contribution is 2.25. The zero-order valence-corrected chi connectivity index (χ0v) is 11.3. The molecule has 1 aromatic carbocycles. The summed E-state index contributed by atoms with van der Waals surface area (Å²) < 4.78 is 5.57. The Labute approximate surface area is 109 Å². The monoisotopic (exact) mass is 250 g/mol. The van der Waals surface area contributed by atoms with E-state index in [1.165, 1.54) is 0 Å². The van der Waals surface area contributed by atoms with Crippen LogP contribution in [0.15, 0.2) is 24.3 Å². The van der Waals surface area contributed by atoms with Crippen LogP contribution in [0.3, 0.4) is 0 Å². The van der Waals surface area contributed by atoms with Gasteiger partial charge in [0.25, 0.3) is 5.91 Å². The van der Waals surface area contributed by atoms with Crippen LogP contribution < -0.4 is 10.5 Å². The van der Waals surface area contributed by atoms with Crippen LogP contribution >= 0.6 is 0 Å². The van der Waals surface area contributed by atoms with Gasteiger partial charge in [-0.1, -0.05) is 25.1 Å². The van der Waals surface area contributed by atoms with Gasteiger partial charge in [0, 0.05) is 25.2 Å². The van der Waals surface area contributed by atoms with Gasteiger partial charge in [-0.3, -0.25) is 4.79 Å². The Kier molecular flexibility index (Phi) is 5.65. The van der Waals surface area contributed by atoms with E-state index in [9.17, 15) is 4.79 Å². The Morgan fingerprint density at radius 2 is 2.06 bits per heavy atom. The Morgan fingerprint density at radius 3 is 2.67 bits per heavy atom. The number of carbonyl (C=O) groups is 1. The van der Waals surface area contributed by atoms with Gasteiger partial charge in [0.1, 0.15) is 5.75 Å². The number of benzene rings is 1. The highest BCUT2D eigenvalue weighted by molar-refractivity contribution is 5.77. The lowest BCUT2D eigenvalue weighted by molar-refractivity contribution is -0.131. The molecule has 0 aromatic heterocycles. The van der Waals surface area contributed by atoms with Gasteiger partial charge in [-0.05, 0) is 19.4 Å². The zero-order chi connectivity index (χ0) is 13.5. The molecule has 0 heterocycles. The summed E-state index contributed by atoms with van der Waals surface area (Å²) in [7, 11) is 1.76. The molecular weight excluding hydrogens is 228 g/mol. The number of amides is 1. The van der Waals surface area contributed by atoms with Crippen molar-refractivity contribution in [3.63, 3.8) is 0 Å². The molecule has 2 N–H and O–H groups in total. The number of ether oxygens (including phenoxy) is 1. The second-order valence-corrected chi connectivity index (χ2v) is 4.25. The molecule has 100 valence electrons. The molecule has 0 spiro atoms. The largest absolute Gasteiger partial charge is 0.483 e. The number of hydrogen-bond donors (Lipinski definition) is 1. The molecule has 1 atom stereocenters. The number of para-hydroxylation sites is 1. The zero-order valence-electron chi connectivity index (χ0n) is 11.3. The van der Waals surface area contributed by atoms with E-state index < -0.39 is 0 Å². The van der Waals surface area contributed by atoms with E-state index in [0.717, 1.165) is 12.0 Å². The van der Waals surface area contributed by atoms with Gasteiger partial charge in [-0.25, -0.2) is 0 Å². The third-order valence-electron chi connectivity index (χ3n) is 3.01. The SMILES string of the molecule is CCC(N)c1ccccc1OCC(=O)N(C)CC. The summed E-state index contributed by atoms with van der Waals surface area (Å²) in [6.45, 7) is 4.69. The molecule has 0 aliphatic carbocycles. The van der Waals surface area contributed by atoms with Gasteiger partial charge in [-0.15, -0.1) is 0 Å². The molecule has 0 aliphatic heterocycles. The Morgan fingerprint density at radius 1 is 1.39 bits per heavy atom. The van der Waals surface area contributed by atoms with E-state index in [0.29, 0.717) is 12.3 Å². The molecular formula is C14H22N2O2. The molecule has 0 aliphatic rings. The molecule has 0 saturated heterocycles. The number of carbonyl (C=O) groups excluding carboxylic acids is 1. The molecule has 1 unspecified atom stereocenters. The van der Waals surface area contributed by atoms with E-state index in [4.69, 9.17) is 10.5 Å². The Balaban J connectivity index is 2.70. The topological polar surface area (TPSA) is 55.6 Å². The van der Waals surface area contributed by atoms with Gasteiger partial charge in [0.05, 0.1) is 0 Å². The second kappa shape index (κ2) is 7.01. The highest BCUT2D eigenvalue weighted by atomic mass is 16.5. The average Bonchev–Trinajstić information content (AvgIpc) is 2.43. The summed E-state index contributed by atoms with van der Waals surface area (Å²) in [4.78, 5) is 13.3. The Hall–Kier alpha value is -1.55. The van der Waals surface area contributed by atoms with Crippen LogP contribution in [0.25, 0.3) is 0 Å². The highest BCUT2D eigenvalue weighted by Gasteiger charge is 2.12. The van der Waals surface area contributed by atoms with E-state index >= 15 is 0 Å². The number of hydrogen-bond acceptors (Lipinski definition) is 3. The van der Waals surface area contributed by atoms with Crippen molar-refractivity contribution in [1.82, 2.24) is 4.90 Å². The first-order valence-corrected chi connectivity index (χ1v) is 6.31. The van der Waals surface area contributed by atoms with Crippen LogP contribution in [0.1, 0.15) is 31.9 Å². The normalized spacial score (nSPS) is 12.0. The lowest BCUT2D eigenvalue weighted by Crippen LogP contribution is -2.31. The summed E-state index contributed by atoms with van der Waals surface area (Å²) >= 11 is 0. The van der Waals surface area contributed by atoms with E-state index in [-0.39, 0.29) is 18.6 Å². The van der Waals surface area contributed by atoms with Gasteiger partial charge in [0.2, 0.25) is 0 Å². The number of likely N-dealkylation sites (N-methyl/N-ethyl adjacent to an activating group) is 1. The van der Waals surface area contributed by atoms with Crippen molar-refractivity contribution < 1.29 is 9.53 Å². The minimum Gasteiger partial charge on any atom is -0.483 e. The summed E-state index contributed by atoms with van der Waals surface area (Å²) in [5.41, 5.74) is 6.96. The molecule has 18 heavy (non-hydrogen) atoms. The fourth-order valence-corrected chi connectivity index (χ4v) is 1.56. The summed E-state index contributed by atoms with van der Waals surface area (Å²) in [5, 5.41) is 0. The van der Waals surface area contributed by atoms with Crippen LogP contribution in [-0.4, -0.2) is 31.0 Å². The lowest BCUT2D eigenvalue weighted by atomic mass is 10.0. The molecule has 1 amide bonds. The number of rotatable bonds is 6. The first-order chi connectivity index (χ1) is 8.60. The molecule has 0 fully saturated rings. The second-order valence-electron chi connectivity index (χ2n) is 4.25. The van der Waals surface area contributed by atoms with Crippen molar-refractivity contribution in [2.75, 3.05) is 20.2 Å². The molecule has 1 aromatic rings. The summed E-state index contributed by atoms with van der Waals surface area (Å²) in [5.74, 6) is 0.669. The van der Waals surface area contributed by atoms with E-state index in [1.54, 1.807) is 11.9 Å². The van der Waals surface area contributed by atoms with Crippen molar-refractivity contribution in [1.29, 1.82) is 0 Å². The van der Waals surface area contributed by atoms with Crippen molar-refractivity contribution in [3.05, 3.63) is 29.8 Å². The van der Waals surface area contributed by atoms with Crippen molar-refractivity contribution in [3.8, 4) is 5.75 Å². The predicted octanol–water partition coefficient (Wildman–Crippen LogP) is 1.95. The fourth-order valence-electron chi connectivity index (χ4n) is 1.56. The maximum absolute atomic E-state index is 11.7. The molecule has 0 saturated carbocycles. The fraction of sp³-hybridized carbons (Fsp3) is 0.500. The standard InChI is InChI=1S/C14H22N2O2/c1-4-12(15)11-8-6-7-9-13(11)18-10-14(17)16(3)5-2/h6-9,12H,4-5,10,15H2,1-3H3. The maximum atomic E-state index is 11.7. The van der Waals surface area contributed by atoms with E-state index in [2.05, 4.69) is 0 Å². The average molecular weight is 250 g/mol. The molecule has 4 nitrogen and oxygen atoms in total. The molecule has 0 bridgehead atoms. The first kappa shape index (κ1) is 14.5. The van der Waals surface area contributed by atoms with Crippen molar-refractivity contribution in [2.24, 2.45) is 5.73 Å². The molecule has 0 radical (unpaired) electrons. The van der Waals surface area contributed by atoms with E-state index in [1.807, 2.05) is 38.1 Å². The maximum Gasteiger partial charge on any atom is 0.260 e. The van der Waals surface area contributed by atoms with Gasteiger partial charge < -0.3 is 15.4 Å². The first-order valence-electron chi connectivity index (χ1n) is 6.31. The van der Waals surface area contributed by atoms with Gasteiger partial charge in [-0.2, -0.15) is 0 Å². The summed E-state index contributed by atoms with van der Waals surface area (Å²) in [6.07, 6.45) is 0.836. The third-order valence-corrected chi connectivity index (χ3v) is 3.01. The van der Waals surface area contributed by atoms with Crippen LogP contribution in [0, 0.1) is 0 Å². The summed E-state index contributed by atoms with van der Waals surface area (Å²) in [6, 6.07) is 7.55. The number of nitrogens with zero attached hydrogens (tertiary/aromatic N) is 1. The smallest absolute Gasteiger partial charge is 0.260 e. The molecule has 1 rings (SSSR count). The van der Waals surface area contributed by atoms with Crippen molar-refractivity contribution in [2.45, 2.75) is 26.3 Å². The predicted molar refractivity (Wildman–Crippen MR) is 72.5 cm³/mol. The minimum atomic E-state index is -0.0554. The van der Waals surface area contributed by atoms with Crippen LogP contribution in [0.5, 0.6) is 5.75 Å². The van der Waals surface area contributed by atoms with Crippen LogP contribution in [0.2, 0.25) is 0 Å². The third kappa shape index (κ3) is 3.74. The minimum absolute atomic E-state index is 0.0302. The van der Waals surface area contributed by atoms with Gasteiger partial charge in [0.15, 0.2) is 6.61 Å². The molecule has 4 heteroatoms. The lowest BCUT2D eigenvalue weighted by Gasteiger charge is -2.18.